The van der Waals surface area contributed by atoms with E-state index >= 15 is 0 Å². The summed E-state index contributed by atoms with van der Waals surface area (Å²) in [5.74, 6) is -0.570. The fraction of sp³-hybridized carbons (Fsp3) is 0.212. The summed E-state index contributed by atoms with van der Waals surface area (Å²) in [5, 5.41) is 0.0256. The molecule has 0 amide bonds. The van der Waals surface area contributed by atoms with Crippen molar-refractivity contribution < 1.29 is 8.78 Å². The predicted molar refractivity (Wildman–Crippen MR) is 164 cm³/mol. The summed E-state index contributed by atoms with van der Waals surface area (Å²) < 4.78 is 27.5. The van der Waals surface area contributed by atoms with Crippen LogP contribution < -0.4 is 10.6 Å². The molecular formula is C33H31F2PS2. The van der Waals surface area contributed by atoms with Crippen LogP contribution in [0.5, 0.6) is 0 Å². The van der Waals surface area contributed by atoms with Gasteiger partial charge < -0.3 is 0 Å². The number of benzene rings is 4. The van der Waals surface area contributed by atoms with E-state index in [0.29, 0.717) is 0 Å². The lowest BCUT2D eigenvalue weighted by Gasteiger charge is -2.30. The van der Waals surface area contributed by atoms with Crippen LogP contribution in [0.1, 0.15) is 38.8 Å². The van der Waals surface area contributed by atoms with Gasteiger partial charge in [-0.25, -0.2) is 8.78 Å². The number of rotatable bonds is 7. The first-order valence-corrected chi connectivity index (χ1v) is 16.9. The van der Waals surface area contributed by atoms with Gasteiger partial charge in [-0.05, 0) is 62.4 Å². The van der Waals surface area contributed by atoms with E-state index in [1.165, 1.54) is 34.9 Å². The van der Waals surface area contributed by atoms with Crippen LogP contribution in [-0.4, -0.2) is 4.75 Å². The van der Waals surface area contributed by atoms with Crippen LogP contribution in [0.3, 0.4) is 0 Å². The molecule has 0 radical (unpaired) electrons. The Morgan fingerprint density at radius 3 is 1.34 bits per heavy atom. The minimum Gasteiger partial charge on any atom is -0.207 e. The first-order valence-electron chi connectivity index (χ1n) is 12.7. The summed E-state index contributed by atoms with van der Waals surface area (Å²) in [5.41, 5.74) is 2.56. The molecule has 4 aromatic carbocycles. The third-order valence-electron chi connectivity index (χ3n) is 8.48. The van der Waals surface area contributed by atoms with Crippen molar-refractivity contribution in [1.29, 1.82) is 0 Å². The molecule has 1 fully saturated rings. The average Bonchev–Trinajstić information content (AvgIpc) is 3.25. The van der Waals surface area contributed by atoms with E-state index in [4.69, 9.17) is 11.8 Å². The van der Waals surface area contributed by atoms with Gasteiger partial charge in [-0.2, -0.15) is 0 Å². The maximum absolute atomic E-state index is 13.9. The van der Waals surface area contributed by atoms with Crippen LogP contribution in [0.15, 0.2) is 115 Å². The Morgan fingerprint density at radius 1 is 0.632 bits per heavy atom. The molecule has 38 heavy (non-hydrogen) atoms. The molecule has 0 aromatic heterocycles. The van der Waals surface area contributed by atoms with Crippen LogP contribution in [0.4, 0.5) is 8.78 Å². The highest BCUT2D eigenvalue weighted by Crippen LogP contribution is 2.85. The Bertz CT molecular complexity index is 1400. The molecule has 4 aromatic rings. The van der Waals surface area contributed by atoms with Gasteiger partial charge in [0, 0.05) is 0 Å². The van der Waals surface area contributed by atoms with Crippen molar-refractivity contribution in [2.24, 2.45) is 10.8 Å². The molecule has 5 rings (SSSR count). The van der Waals surface area contributed by atoms with Crippen LogP contribution in [0.25, 0.3) is 5.57 Å². The van der Waals surface area contributed by atoms with Gasteiger partial charge in [0.2, 0.25) is 0 Å². The first kappa shape index (κ1) is 27.1. The Hall–Kier alpha value is -2.52. The molecule has 0 bridgehead atoms. The van der Waals surface area contributed by atoms with E-state index < -0.39 is 5.24 Å². The van der Waals surface area contributed by atoms with Crippen molar-refractivity contribution in [1.82, 2.24) is 0 Å². The number of halogens is 2. The van der Waals surface area contributed by atoms with Crippen molar-refractivity contribution in [2.75, 3.05) is 0 Å². The largest absolute Gasteiger partial charge is 0.207 e. The Labute approximate surface area is 234 Å². The molecule has 1 saturated carbocycles. The van der Waals surface area contributed by atoms with Gasteiger partial charge in [-0.3, -0.25) is 0 Å². The molecule has 194 valence electrons. The number of hydrogen-bond donors (Lipinski definition) is 0. The van der Waals surface area contributed by atoms with Crippen LogP contribution in [0.2, 0.25) is 0 Å². The monoisotopic (exact) mass is 560 g/mol. The third-order valence-corrected chi connectivity index (χ3v) is 17.0. The summed E-state index contributed by atoms with van der Waals surface area (Å²) in [4.78, 5) is 0. The maximum atomic E-state index is 13.9. The van der Waals surface area contributed by atoms with E-state index in [2.05, 4.69) is 82.3 Å². The second kappa shape index (κ2) is 9.90. The summed E-state index contributed by atoms with van der Waals surface area (Å²) in [6.07, 6.45) is 2.34. The van der Waals surface area contributed by atoms with Crippen molar-refractivity contribution in [3.8, 4) is 0 Å². The van der Waals surface area contributed by atoms with Gasteiger partial charge >= 0.3 is 0 Å². The van der Waals surface area contributed by atoms with Crippen molar-refractivity contribution in [3.63, 3.8) is 0 Å². The topological polar surface area (TPSA) is 0 Å². The van der Waals surface area contributed by atoms with E-state index in [1.807, 2.05) is 23.5 Å². The fourth-order valence-corrected chi connectivity index (χ4v) is 14.4. The molecule has 0 heterocycles. The van der Waals surface area contributed by atoms with Crippen LogP contribution in [-0.2, 0) is 11.8 Å². The molecular weight excluding hydrogens is 529 g/mol. The lowest BCUT2D eigenvalue weighted by atomic mass is 9.94. The Kier molecular flexibility index (Phi) is 7.05. The van der Waals surface area contributed by atoms with E-state index in [-0.39, 0.29) is 27.2 Å². The number of hydrogen-bond acceptors (Lipinski definition) is 2. The Balaban J connectivity index is 1.75. The van der Waals surface area contributed by atoms with E-state index in [1.54, 1.807) is 24.3 Å². The SMILES string of the molecule is CC1(C)C(C)(C)C1(C=C(c1ccc(F)cc1)c1ccc(F)cc1)SP(=S)(c1ccccc1)c1ccccc1. The Morgan fingerprint density at radius 2 is 1.00 bits per heavy atom. The molecule has 0 atom stereocenters. The van der Waals surface area contributed by atoms with Gasteiger partial charge in [0.05, 0.1) is 9.99 Å². The first-order chi connectivity index (χ1) is 18.0. The quantitative estimate of drug-likeness (QED) is 0.207. The lowest BCUT2D eigenvalue weighted by molar-refractivity contribution is 0.457. The molecule has 0 unspecified atom stereocenters. The summed E-state index contributed by atoms with van der Waals surface area (Å²) in [7, 11) is 0. The zero-order chi connectivity index (χ0) is 27.2. The summed E-state index contributed by atoms with van der Waals surface area (Å²) in [6, 6.07) is 34.1. The van der Waals surface area contributed by atoms with Crippen molar-refractivity contribution in [2.45, 2.75) is 32.4 Å². The van der Waals surface area contributed by atoms with Gasteiger partial charge in [-0.15, -0.1) is 11.4 Å². The molecule has 5 heteroatoms. The predicted octanol–water partition coefficient (Wildman–Crippen LogP) is 8.98. The smallest absolute Gasteiger partial charge is 0.123 e. The van der Waals surface area contributed by atoms with Gasteiger partial charge in [0.1, 0.15) is 11.6 Å². The minimum absolute atomic E-state index is 0.0937. The van der Waals surface area contributed by atoms with Crippen LogP contribution >= 0.6 is 16.6 Å². The average molecular weight is 561 g/mol. The van der Waals surface area contributed by atoms with Gasteiger partial charge in [0.15, 0.2) is 0 Å². The third kappa shape index (κ3) is 4.41. The van der Waals surface area contributed by atoms with E-state index in [0.717, 1.165) is 16.7 Å². The second-order valence-electron chi connectivity index (χ2n) is 10.9. The van der Waals surface area contributed by atoms with Crippen molar-refractivity contribution in [3.05, 3.63) is 138 Å². The van der Waals surface area contributed by atoms with Crippen LogP contribution in [0, 0.1) is 22.5 Å². The molecule has 0 spiro atoms. The highest BCUT2D eigenvalue weighted by atomic mass is 32.9. The second-order valence-corrected chi connectivity index (χ2v) is 18.4. The minimum atomic E-state index is -2.31. The molecule has 1 aliphatic rings. The molecule has 0 N–H and O–H groups in total. The lowest BCUT2D eigenvalue weighted by Crippen LogP contribution is -2.20. The summed E-state index contributed by atoms with van der Waals surface area (Å²) >= 11 is 8.60. The highest BCUT2D eigenvalue weighted by Gasteiger charge is 2.77. The van der Waals surface area contributed by atoms with Crippen molar-refractivity contribution >= 4 is 44.6 Å². The highest BCUT2D eigenvalue weighted by molar-refractivity contribution is 8.75. The molecule has 0 saturated heterocycles. The molecule has 1 aliphatic carbocycles. The zero-order valence-electron chi connectivity index (χ0n) is 22.0. The normalized spacial score (nSPS) is 17.0. The fourth-order valence-electron chi connectivity index (χ4n) is 5.42. The van der Waals surface area contributed by atoms with Gasteiger partial charge in [0.25, 0.3) is 0 Å². The summed E-state index contributed by atoms with van der Waals surface area (Å²) in [6.45, 7) is 9.22. The van der Waals surface area contributed by atoms with Gasteiger partial charge in [-0.1, -0.05) is 131 Å². The molecule has 0 aliphatic heterocycles. The van der Waals surface area contributed by atoms with E-state index in [9.17, 15) is 8.78 Å². The maximum Gasteiger partial charge on any atom is 0.123 e. The standard InChI is InChI=1S/C33H31F2PS2/c1-31(2)32(3,4)33(31,38-36(37,28-11-7-5-8-12-28)29-13-9-6-10-14-29)23-30(24-15-19-26(34)20-16-24)25-17-21-27(35)22-18-25/h5-23H,1-4H3. The zero-order valence-corrected chi connectivity index (χ0v) is 24.5. The molecule has 0 nitrogen and oxygen atoms in total.